The molecule has 6 nitrogen and oxygen atoms in total. The Kier molecular flexibility index (Phi) is 6.77. The zero-order valence-electron chi connectivity index (χ0n) is 17.5. The molecule has 4 atom stereocenters. The number of likely N-dealkylation sites (N-methyl/N-ethyl adjacent to an activating group) is 1. The third-order valence-corrected chi connectivity index (χ3v) is 6.35. The molecule has 0 unspecified atom stereocenters. The topological polar surface area (TPSA) is 72.9 Å². The van der Waals surface area contributed by atoms with Gasteiger partial charge in [-0.25, -0.2) is 9.18 Å². The minimum absolute atomic E-state index is 0.0857. The van der Waals surface area contributed by atoms with E-state index in [1.165, 1.54) is 19.2 Å². The third-order valence-electron chi connectivity index (χ3n) is 6.35. The summed E-state index contributed by atoms with van der Waals surface area (Å²) in [5.41, 5.74) is 1.09. The van der Waals surface area contributed by atoms with Gasteiger partial charge in [0.1, 0.15) is 11.9 Å². The van der Waals surface area contributed by atoms with Gasteiger partial charge < -0.3 is 10.4 Å². The van der Waals surface area contributed by atoms with Gasteiger partial charge >= 0.3 is 6.09 Å². The highest BCUT2D eigenvalue weighted by molar-refractivity contribution is 5.85. The van der Waals surface area contributed by atoms with Gasteiger partial charge in [-0.1, -0.05) is 26.0 Å². The number of halogens is 1. The van der Waals surface area contributed by atoms with Crippen molar-refractivity contribution < 1.29 is 19.1 Å². The Hall–Kier alpha value is -2.15. The Morgan fingerprint density at radius 3 is 2.55 bits per heavy atom. The Morgan fingerprint density at radius 1 is 1.24 bits per heavy atom. The second-order valence-corrected chi connectivity index (χ2v) is 8.98. The summed E-state index contributed by atoms with van der Waals surface area (Å²) < 4.78 is 13.1. The quantitative estimate of drug-likeness (QED) is 0.731. The van der Waals surface area contributed by atoms with Crippen molar-refractivity contribution in [3.8, 4) is 0 Å². The van der Waals surface area contributed by atoms with Crippen LogP contribution in [0.5, 0.6) is 0 Å². The van der Waals surface area contributed by atoms with Crippen LogP contribution in [0.2, 0.25) is 0 Å². The number of carbonyl (C=O) groups excluding carboxylic acids is 1. The van der Waals surface area contributed by atoms with E-state index in [2.05, 4.69) is 10.2 Å². The highest BCUT2D eigenvalue weighted by Gasteiger charge is 2.43. The van der Waals surface area contributed by atoms with Gasteiger partial charge in [-0.05, 0) is 54.7 Å². The van der Waals surface area contributed by atoms with Gasteiger partial charge in [-0.3, -0.25) is 14.6 Å². The molecule has 1 saturated carbocycles. The van der Waals surface area contributed by atoms with E-state index in [1.807, 2.05) is 26.0 Å². The van der Waals surface area contributed by atoms with Crippen molar-refractivity contribution in [2.45, 2.75) is 51.7 Å². The van der Waals surface area contributed by atoms with E-state index in [1.54, 1.807) is 0 Å². The second-order valence-electron chi connectivity index (χ2n) is 8.98. The van der Waals surface area contributed by atoms with Gasteiger partial charge in [0.05, 0.1) is 0 Å². The fourth-order valence-corrected chi connectivity index (χ4v) is 4.81. The van der Waals surface area contributed by atoms with Crippen molar-refractivity contribution in [3.63, 3.8) is 0 Å². The summed E-state index contributed by atoms with van der Waals surface area (Å²) in [4.78, 5) is 27.8. The van der Waals surface area contributed by atoms with E-state index >= 15 is 0 Å². The van der Waals surface area contributed by atoms with Crippen LogP contribution in [0.4, 0.5) is 9.18 Å². The van der Waals surface area contributed by atoms with Gasteiger partial charge in [-0.2, -0.15) is 0 Å². The molecule has 1 saturated heterocycles. The number of hydrogen-bond acceptors (Lipinski definition) is 3. The van der Waals surface area contributed by atoms with E-state index in [0.29, 0.717) is 18.3 Å². The van der Waals surface area contributed by atoms with Gasteiger partial charge in [-0.15, -0.1) is 0 Å². The lowest BCUT2D eigenvalue weighted by Crippen LogP contribution is -2.51. The van der Waals surface area contributed by atoms with Crippen LogP contribution in [-0.4, -0.2) is 59.1 Å². The standard InChI is InChI=1S/C22H32FN3O3/c1-14(2)10-20(25(3)22(28)29)21(27)24-19-9-6-16-12-26(13-18(16)19)11-15-4-7-17(23)8-5-15/h4-5,7-8,14,16,18-20H,6,9-13H2,1-3H3,(H,24,27)(H,28,29)/t16-,18+,19+,20+/m1/s1. The summed E-state index contributed by atoms with van der Waals surface area (Å²) in [5.74, 6) is 0.737. The van der Waals surface area contributed by atoms with Crippen molar-refractivity contribution in [2.75, 3.05) is 20.1 Å². The summed E-state index contributed by atoms with van der Waals surface area (Å²) in [6, 6.07) is 6.04. The molecule has 0 aromatic heterocycles. The molecule has 1 aliphatic heterocycles. The Balaban J connectivity index is 1.59. The molecule has 0 radical (unpaired) electrons. The molecular weight excluding hydrogens is 373 g/mol. The lowest BCUT2D eigenvalue weighted by atomic mass is 9.96. The predicted molar refractivity (Wildman–Crippen MR) is 109 cm³/mol. The van der Waals surface area contributed by atoms with Crippen LogP contribution >= 0.6 is 0 Å². The number of carbonyl (C=O) groups is 2. The molecule has 160 valence electrons. The van der Waals surface area contributed by atoms with Crippen LogP contribution < -0.4 is 5.32 Å². The summed E-state index contributed by atoms with van der Waals surface area (Å²) in [6.45, 7) is 6.65. The van der Waals surface area contributed by atoms with Crippen LogP contribution in [0.15, 0.2) is 24.3 Å². The maximum absolute atomic E-state index is 13.1. The number of fused-ring (bicyclic) bond motifs is 1. The molecule has 3 rings (SSSR count). The van der Waals surface area contributed by atoms with Gasteiger partial charge in [0.25, 0.3) is 0 Å². The van der Waals surface area contributed by atoms with Gasteiger partial charge in [0.2, 0.25) is 5.91 Å². The molecule has 2 aliphatic rings. The lowest BCUT2D eigenvalue weighted by molar-refractivity contribution is -0.127. The van der Waals surface area contributed by atoms with E-state index in [4.69, 9.17) is 0 Å². The van der Waals surface area contributed by atoms with Crippen molar-refractivity contribution in [1.29, 1.82) is 0 Å². The number of amides is 2. The molecule has 1 heterocycles. The summed E-state index contributed by atoms with van der Waals surface area (Å²) in [6.07, 6.45) is 1.43. The number of nitrogens with zero attached hydrogens (tertiary/aromatic N) is 2. The largest absolute Gasteiger partial charge is 0.465 e. The monoisotopic (exact) mass is 405 g/mol. The Bertz CT molecular complexity index is 725. The molecule has 1 aliphatic carbocycles. The number of likely N-dealkylation sites (tertiary alicyclic amines) is 1. The first-order valence-corrected chi connectivity index (χ1v) is 10.5. The number of hydrogen-bond donors (Lipinski definition) is 2. The maximum Gasteiger partial charge on any atom is 0.407 e. The van der Waals surface area contributed by atoms with Crippen molar-refractivity contribution in [3.05, 3.63) is 35.6 Å². The van der Waals surface area contributed by atoms with Crippen LogP contribution in [0.1, 0.15) is 38.7 Å². The summed E-state index contributed by atoms with van der Waals surface area (Å²) in [5, 5.41) is 12.5. The molecule has 2 fully saturated rings. The lowest BCUT2D eigenvalue weighted by Gasteiger charge is -2.29. The van der Waals surface area contributed by atoms with E-state index in [-0.39, 0.29) is 23.7 Å². The smallest absolute Gasteiger partial charge is 0.407 e. The number of nitrogens with one attached hydrogen (secondary N) is 1. The van der Waals surface area contributed by atoms with Crippen molar-refractivity contribution in [2.24, 2.45) is 17.8 Å². The fourth-order valence-electron chi connectivity index (χ4n) is 4.81. The summed E-state index contributed by atoms with van der Waals surface area (Å²) in [7, 11) is 1.46. The molecule has 1 aromatic carbocycles. The van der Waals surface area contributed by atoms with Crippen LogP contribution in [0, 0.1) is 23.6 Å². The molecule has 0 spiro atoms. The first-order chi connectivity index (χ1) is 13.7. The highest BCUT2D eigenvalue weighted by atomic mass is 19.1. The van der Waals surface area contributed by atoms with Crippen LogP contribution in [-0.2, 0) is 11.3 Å². The van der Waals surface area contributed by atoms with E-state index < -0.39 is 12.1 Å². The number of carboxylic acid groups (broad SMARTS) is 1. The molecular formula is C22H32FN3O3. The van der Waals surface area contributed by atoms with Crippen LogP contribution in [0.3, 0.4) is 0 Å². The van der Waals surface area contributed by atoms with Crippen molar-refractivity contribution >= 4 is 12.0 Å². The Labute approximate surface area is 172 Å². The zero-order valence-corrected chi connectivity index (χ0v) is 17.5. The van der Waals surface area contributed by atoms with E-state index in [9.17, 15) is 19.1 Å². The molecule has 29 heavy (non-hydrogen) atoms. The predicted octanol–water partition coefficient (Wildman–Crippen LogP) is 3.18. The molecule has 2 amide bonds. The molecule has 2 N–H and O–H groups in total. The average Bonchev–Trinajstić information content (AvgIpc) is 3.22. The van der Waals surface area contributed by atoms with Crippen molar-refractivity contribution in [1.82, 2.24) is 15.1 Å². The van der Waals surface area contributed by atoms with Crippen LogP contribution in [0.25, 0.3) is 0 Å². The average molecular weight is 406 g/mol. The third kappa shape index (κ3) is 5.26. The zero-order chi connectivity index (χ0) is 21.1. The van der Waals surface area contributed by atoms with E-state index in [0.717, 1.165) is 42.9 Å². The first-order valence-electron chi connectivity index (χ1n) is 10.5. The normalized spacial score (nSPS) is 25.1. The first kappa shape index (κ1) is 21.6. The minimum Gasteiger partial charge on any atom is -0.465 e. The molecule has 1 aromatic rings. The fraction of sp³-hybridized carbons (Fsp3) is 0.636. The SMILES string of the molecule is CC(C)C[C@@H](C(=O)N[C@H]1CC[C@@H]2CN(Cc3ccc(F)cc3)C[C@@H]21)N(C)C(=O)O. The number of rotatable bonds is 7. The molecule has 0 bridgehead atoms. The van der Waals surface area contributed by atoms with Gasteiger partial charge in [0, 0.05) is 32.7 Å². The summed E-state index contributed by atoms with van der Waals surface area (Å²) >= 11 is 0. The Morgan fingerprint density at radius 2 is 1.93 bits per heavy atom. The maximum atomic E-state index is 13.1. The molecule has 7 heteroatoms. The second kappa shape index (κ2) is 9.11. The van der Waals surface area contributed by atoms with Gasteiger partial charge in [0.15, 0.2) is 0 Å². The minimum atomic E-state index is -1.08. The number of benzene rings is 1. The highest BCUT2D eigenvalue weighted by Crippen LogP contribution is 2.38.